The lowest BCUT2D eigenvalue weighted by molar-refractivity contribution is 0.523. The Hall–Kier alpha value is 4.93. The van der Waals surface area contributed by atoms with Gasteiger partial charge in [-0.05, 0) is 0 Å². The molecule has 0 saturated carbocycles. The number of rotatable bonds is 4. The van der Waals surface area contributed by atoms with Crippen LogP contribution in [-0.2, 0) is 0 Å². The van der Waals surface area contributed by atoms with E-state index in [1.807, 2.05) is 0 Å². The summed E-state index contributed by atoms with van der Waals surface area (Å²) in [6, 6.07) is 0. The van der Waals surface area contributed by atoms with E-state index in [-0.39, 0.29) is 0 Å². The van der Waals surface area contributed by atoms with E-state index in [2.05, 4.69) is 0 Å². The first-order chi connectivity index (χ1) is 10.4. The predicted molar refractivity (Wildman–Crippen MR) is 122 cm³/mol. The molecule has 0 N–H and O–H groups in total. The van der Waals surface area contributed by atoms with Gasteiger partial charge in [0.1, 0.15) is 5.92 Å². The van der Waals surface area contributed by atoms with E-state index >= 15 is 0 Å². The van der Waals surface area contributed by atoms with Gasteiger partial charge >= 0.3 is 0 Å². The van der Waals surface area contributed by atoms with Crippen molar-refractivity contribution in [1.82, 2.24) is 0 Å². The van der Waals surface area contributed by atoms with Crippen molar-refractivity contribution < 1.29 is 0 Å². The predicted octanol–water partition coefficient (Wildman–Crippen LogP) is 10.4. The molecule has 0 aromatic heterocycles. The van der Waals surface area contributed by atoms with Crippen LogP contribution in [0.2, 0.25) is 0 Å². The summed E-state index contributed by atoms with van der Waals surface area (Å²) in [6.07, 6.45) is 0. The topological polar surface area (TPSA) is 0 Å². The fraction of sp³-hybridized carbons (Fsp3) is 0.875. The van der Waals surface area contributed by atoms with E-state index in [9.17, 15) is 0 Å². The summed E-state index contributed by atoms with van der Waals surface area (Å²) in [5, 5.41) is 0. The minimum Gasteiger partial charge on any atom is -0.0972 e. The summed E-state index contributed by atoms with van der Waals surface area (Å²) >= 11 is 100. The molecule has 0 heterocycles. The second kappa shape index (κ2) is 9.05. The molecular weight excluding hydrogens is 699 g/mol. The SMILES string of the molecule is ClC(Cl)(Cl)[C](C(Cl)(Cl)Cl)C(Cl)(Cl)C(Cl)(Cl)C(Cl)(Cl)C(Cl)(Cl)C(Cl)(Cl)Cl. The largest absolute Gasteiger partial charge is 0.226 e. The highest BCUT2D eigenvalue weighted by molar-refractivity contribution is 6.83. The van der Waals surface area contributed by atoms with Gasteiger partial charge in [0.05, 0.1) is 0 Å². The zero-order valence-corrected chi connectivity index (χ0v) is 23.3. The van der Waals surface area contributed by atoms with E-state index in [4.69, 9.17) is 197 Å². The van der Waals surface area contributed by atoms with Crippen molar-refractivity contribution in [3.8, 4) is 0 Å². The van der Waals surface area contributed by atoms with Gasteiger partial charge in [0.25, 0.3) is 0 Å². The average Bonchev–Trinajstić information content (AvgIpc) is 2.21. The Morgan fingerprint density at radius 2 is 0.640 bits per heavy atom. The van der Waals surface area contributed by atoms with Crippen LogP contribution in [0.25, 0.3) is 0 Å². The summed E-state index contributed by atoms with van der Waals surface area (Å²) < 4.78 is -18.9. The Morgan fingerprint density at radius 1 is 0.360 bits per heavy atom. The maximum atomic E-state index is 6.15. The van der Waals surface area contributed by atoms with Crippen molar-refractivity contribution in [1.29, 1.82) is 0 Å². The van der Waals surface area contributed by atoms with Gasteiger partial charge in [-0.15, -0.1) is 0 Å². The van der Waals surface area contributed by atoms with E-state index in [1.54, 1.807) is 0 Å². The van der Waals surface area contributed by atoms with Crippen LogP contribution in [-0.4, -0.2) is 28.7 Å². The van der Waals surface area contributed by atoms with E-state index in [0.29, 0.717) is 0 Å². The Morgan fingerprint density at radius 3 is 0.840 bits per heavy atom. The van der Waals surface area contributed by atoms with Crippen molar-refractivity contribution >= 4 is 197 Å². The molecule has 0 atom stereocenters. The molecule has 17 heteroatoms. The second-order valence-electron chi connectivity index (χ2n) is 4.17. The Balaban J connectivity index is 6.56. The Kier molecular flexibility index (Phi) is 10.8. The smallest absolute Gasteiger partial charge is 0.0972 e. The lowest BCUT2D eigenvalue weighted by Crippen LogP contribution is -2.65. The van der Waals surface area contributed by atoms with Crippen LogP contribution in [0.4, 0.5) is 0 Å². The van der Waals surface area contributed by atoms with Gasteiger partial charge in [-0.25, -0.2) is 0 Å². The molecule has 0 aliphatic carbocycles. The van der Waals surface area contributed by atoms with Gasteiger partial charge in [-0.3, -0.25) is 0 Å². The van der Waals surface area contributed by atoms with Crippen LogP contribution in [0.5, 0.6) is 0 Å². The van der Waals surface area contributed by atoms with E-state index < -0.39 is 34.6 Å². The molecule has 0 nitrogen and oxygen atoms in total. The normalized spacial score (nSPS) is 16.6. The zero-order valence-electron chi connectivity index (χ0n) is 10.4. The molecule has 0 aromatic rings. The maximum Gasteiger partial charge on any atom is 0.226 e. The Bertz CT molecular complexity index is 458. The van der Waals surface area contributed by atoms with Crippen molar-refractivity contribution in [2.45, 2.75) is 28.7 Å². The highest BCUT2D eigenvalue weighted by atomic mass is 35.6. The molecule has 0 bridgehead atoms. The molecule has 0 saturated heterocycles. The summed E-state index contributed by atoms with van der Waals surface area (Å²) in [6.45, 7) is 0. The molecule has 0 aromatic carbocycles. The third kappa shape index (κ3) is 6.04. The first-order valence-corrected chi connectivity index (χ1v) is 11.4. The standard InChI is InChI=1S/C8Cl17/c9-2(10,1(3(11,12)13)4(14,15)16)5(17,18)6(19,20)7(21,22)8(23,24)25. The van der Waals surface area contributed by atoms with Gasteiger partial charge in [-0.2, -0.15) is 0 Å². The van der Waals surface area contributed by atoms with E-state index in [0.717, 1.165) is 0 Å². The highest BCUT2D eigenvalue weighted by Crippen LogP contribution is 2.71. The monoisotopic (exact) mass is 690 g/mol. The molecule has 0 spiro atoms. The molecule has 0 aliphatic heterocycles. The van der Waals surface area contributed by atoms with Gasteiger partial charge in [0.15, 0.2) is 13.0 Å². The fourth-order valence-corrected chi connectivity index (χ4v) is 7.24. The molecule has 0 fully saturated rings. The lowest BCUT2D eigenvalue weighted by atomic mass is 10.00. The van der Waals surface area contributed by atoms with Crippen molar-refractivity contribution in [2.75, 3.05) is 0 Å². The molecule has 0 amide bonds. The minimum atomic E-state index is -2.89. The summed E-state index contributed by atoms with van der Waals surface area (Å²) in [4.78, 5) is 0. The van der Waals surface area contributed by atoms with Crippen LogP contribution in [0, 0.1) is 5.92 Å². The first kappa shape index (κ1) is 29.9. The van der Waals surface area contributed by atoms with Gasteiger partial charge in [-0.1, -0.05) is 197 Å². The first-order valence-electron chi connectivity index (χ1n) is 4.96. The third-order valence-corrected chi connectivity index (χ3v) is 10.5. The number of halogens is 17. The van der Waals surface area contributed by atoms with Gasteiger partial charge in [0.2, 0.25) is 15.7 Å². The minimum absolute atomic E-state index is 0.880. The molecule has 1 radical (unpaired) electrons. The quantitative estimate of drug-likeness (QED) is 0.257. The summed E-state index contributed by atoms with van der Waals surface area (Å²) in [5.74, 6) is -0.880. The number of hydrogen-bond donors (Lipinski definition) is 0. The van der Waals surface area contributed by atoms with Crippen LogP contribution < -0.4 is 0 Å². The van der Waals surface area contributed by atoms with Gasteiger partial charge < -0.3 is 0 Å². The third-order valence-electron chi connectivity index (χ3n) is 2.42. The molecular formula is C8Cl17. The van der Waals surface area contributed by atoms with E-state index in [1.165, 1.54) is 0 Å². The van der Waals surface area contributed by atoms with Crippen LogP contribution in [0.15, 0.2) is 0 Å². The molecule has 151 valence electrons. The summed E-state index contributed by atoms with van der Waals surface area (Å²) in [7, 11) is 0. The molecule has 25 heavy (non-hydrogen) atoms. The van der Waals surface area contributed by atoms with Crippen molar-refractivity contribution in [3.05, 3.63) is 5.92 Å². The molecule has 0 unspecified atom stereocenters. The Labute approximate surface area is 228 Å². The highest BCUT2D eigenvalue weighted by Gasteiger charge is 2.77. The van der Waals surface area contributed by atoms with Gasteiger partial charge in [0, 0.05) is 0 Å². The fourth-order valence-electron chi connectivity index (χ4n) is 1.25. The van der Waals surface area contributed by atoms with Crippen molar-refractivity contribution in [2.24, 2.45) is 0 Å². The maximum absolute atomic E-state index is 6.15. The van der Waals surface area contributed by atoms with Crippen LogP contribution in [0.3, 0.4) is 0 Å². The molecule has 0 aliphatic rings. The van der Waals surface area contributed by atoms with Crippen LogP contribution in [0.1, 0.15) is 0 Å². The molecule has 0 rings (SSSR count). The zero-order chi connectivity index (χ0) is 21.1. The van der Waals surface area contributed by atoms with Crippen LogP contribution >= 0.6 is 197 Å². The lowest BCUT2D eigenvalue weighted by Gasteiger charge is -2.51. The van der Waals surface area contributed by atoms with Crippen molar-refractivity contribution in [3.63, 3.8) is 0 Å². The second-order valence-corrected chi connectivity index (χ2v) is 16.3. The average molecular weight is 699 g/mol. The number of alkyl halides is 17. The summed E-state index contributed by atoms with van der Waals surface area (Å²) in [5.41, 5.74) is 0. The number of hydrogen-bond acceptors (Lipinski definition) is 0.